The lowest BCUT2D eigenvalue weighted by Gasteiger charge is -2.00. The second-order valence-electron chi connectivity index (χ2n) is 2.77. The molecule has 0 saturated carbocycles. The molecule has 1 aliphatic heterocycles. The molecule has 0 aromatic heterocycles. The molecule has 0 spiro atoms. The van der Waals surface area contributed by atoms with E-state index in [2.05, 4.69) is 37.5 Å². The molecule has 1 rings (SSSR count). The van der Waals surface area contributed by atoms with Crippen molar-refractivity contribution >= 4 is 11.8 Å². The Kier molecular flexibility index (Phi) is 3.50. The summed E-state index contributed by atoms with van der Waals surface area (Å²) in [6.07, 6.45) is 7.60. The van der Waals surface area contributed by atoms with Crippen LogP contribution in [0.3, 0.4) is 0 Å². The quantitative estimate of drug-likeness (QED) is 0.530. The lowest BCUT2D eigenvalue weighted by Crippen LogP contribution is -1.83. The maximum absolute atomic E-state index is 2.21. The molecule has 1 heterocycles. The van der Waals surface area contributed by atoms with E-state index in [9.17, 15) is 0 Å². The van der Waals surface area contributed by atoms with Crippen LogP contribution in [0.5, 0.6) is 0 Å². The van der Waals surface area contributed by atoms with E-state index in [1.165, 1.54) is 23.3 Å². The van der Waals surface area contributed by atoms with E-state index < -0.39 is 0 Å². The Morgan fingerprint density at radius 2 is 2.09 bits per heavy atom. The average molecular weight is 166 g/mol. The van der Waals surface area contributed by atoms with Crippen LogP contribution in [0.4, 0.5) is 0 Å². The van der Waals surface area contributed by atoms with Crippen LogP contribution in [0.2, 0.25) is 0 Å². The predicted octanol–water partition coefficient (Wildman–Crippen LogP) is 3.53. The van der Waals surface area contributed by atoms with Crippen LogP contribution in [-0.4, -0.2) is 5.75 Å². The normalized spacial score (nSPS) is 22.4. The lowest BCUT2D eigenvalue weighted by molar-refractivity contribution is 1.09. The Bertz CT molecular complexity index is 209. The van der Waals surface area contributed by atoms with Crippen LogP contribution in [0.1, 0.15) is 20.3 Å². The Labute approximate surface area is 73.1 Å². The smallest absolute Gasteiger partial charge is 0.00114 e. The second-order valence-corrected chi connectivity index (χ2v) is 3.79. The highest BCUT2D eigenvalue weighted by molar-refractivity contribution is 8.02. The topological polar surface area (TPSA) is 0 Å². The molecule has 0 radical (unpaired) electrons. The van der Waals surface area contributed by atoms with Gasteiger partial charge in [0.15, 0.2) is 0 Å². The first-order valence-electron chi connectivity index (χ1n) is 3.92. The average Bonchev–Trinajstić information content (AvgIpc) is 2.07. The number of allylic oxidation sites excluding steroid dienone is 5. The first-order valence-corrected chi connectivity index (χ1v) is 4.97. The highest BCUT2D eigenvalue weighted by atomic mass is 32.2. The molecule has 0 amide bonds. The van der Waals surface area contributed by atoms with Crippen LogP contribution in [-0.2, 0) is 0 Å². The van der Waals surface area contributed by atoms with Gasteiger partial charge in [0.1, 0.15) is 0 Å². The first kappa shape index (κ1) is 8.66. The molecule has 0 saturated heterocycles. The molecule has 0 aliphatic carbocycles. The fourth-order valence-electron chi connectivity index (χ4n) is 0.920. The minimum Gasteiger partial charge on any atom is -0.134 e. The van der Waals surface area contributed by atoms with E-state index in [1.807, 2.05) is 11.8 Å². The summed E-state index contributed by atoms with van der Waals surface area (Å²) in [5.41, 5.74) is 2.93. The number of thioether (sulfide) groups is 1. The first-order chi connectivity index (χ1) is 5.30. The molecule has 60 valence electrons. The van der Waals surface area contributed by atoms with Crippen molar-refractivity contribution in [3.63, 3.8) is 0 Å². The van der Waals surface area contributed by atoms with Gasteiger partial charge in [-0.1, -0.05) is 29.4 Å². The second kappa shape index (κ2) is 4.45. The summed E-state index contributed by atoms with van der Waals surface area (Å²) in [5.74, 6) is 1.21. The van der Waals surface area contributed by atoms with E-state index in [-0.39, 0.29) is 0 Å². The van der Waals surface area contributed by atoms with Crippen LogP contribution in [0.15, 0.2) is 34.8 Å². The largest absolute Gasteiger partial charge is 0.134 e. The fraction of sp³-hybridized carbons (Fsp3) is 0.400. The maximum Gasteiger partial charge on any atom is 0.00114 e. The molecule has 0 bridgehead atoms. The van der Waals surface area contributed by atoms with Crippen LogP contribution >= 0.6 is 11.8 Å². The van der Waals surface area contributed by atoms with Gasteiger partial charge in [-0.3, -0.25) is 0 Å². The molecular weight excluding hydrogens is 152 g/mol. The van der Waals surface area contributed by atoms with E-state index in [0.29, 0.717) is 0 Å². The highest BCUT2D eigenvalue weighted by Gasteiger charge is 1.94. The van der Waals surface area contributed by atoms with Gasteiger partial charge in [0.25, 0.3) is 0 Å². The molecule has 1 heteroatoms. The molecule has 0 atom stereocenters. The van der Waals surface area contributed by atoms with Gasteiger partial charge < -0.3 is 0 Å². The molecule has 0 aromatic rings. The number of hydrogen-bond acceptors (Lipinski definition) is 1. The van der Waals surface area contributed by atoms with E-state index >= 15 is 0 Å². The van der Waals surface area contributed by atoms with Gasteiger partial charge in [-0.25, -0.2) is 0 Å². The molecule has 0 fully saturated rings. The van der Waals surface area contributed by atoms with Crippen molar-refractivity contribution in [2.24, 2.45) is 0 Å². The van der Waals surface area contributed by atoms with Crippen LogP contribution in [0.25, 0.3) is 0 Å². The minimum atomic E-state index is 1.21. The molecule has 11 heavy (non-hydrogen) atoms. The van der Waals surface area contributed by atoms with Crippen molar-refractivity contribution in [2.75, 3.05) is 5.75 Å². The molecule has 1 aliphatic rings. The van der Waals surface area contributed by atoms with Gasteiger partial charge >= 0.3 is 0 Å². The van der Waals surface area contributed by atoms with Crippen molar-refractivity contribution in [3.05, 3.63) is 34.8 Å². The maximum atomic E-state index is 2.21. The summed E-state index contributed by atoms with van der Waals surface area (Å²) in [5, 5.41) is 2.16. The summed E-state index contributed by atoms with van der Waals surface area (Å²) < 4.78 is 0. The SMILES string of the molecule is CC1=C(C)CCS/C=C/C=C1. The third-order valence-electron chi connectivity index (χ3n) is 1.90. The highest BCUT2D eigenvalue weighted by Crippen LogP contribution is 2.15. The van der Waals surface area contributed by atoms with Gasteiger partial charge in [0.05, 0.1) is 0 Å². The Morgan fingerprint density at radius 1 is 1.27 bits per heavy atom. The molecule has 0 unspecified atom stereocenters. The summed E-state index contributed by atoms with van der Waals surface area (Å²) >= 11 is 1.88. The molecule has 0 N–H and O–H groups in total. The van der Waals surface area contributed by atoms with E-state index in [4.69, 9.17) is 0 Å². The summed E-state index contributed by atoms with van der Waals surface area (Å²) in [4.78, 5) is 0. The lowest BCUT2D eigenvalue weighted by atomic mass is 10.1. The monoisotopic (exact) mass is 166 g/mol. The third kappa shape index (κ3) is 2.98. The summed E-state index contributed by atoms with van der Waals surface area (Å²) in [7, 11) is 0. The fourth-order valence-corrected chi connectivity index (χ4v) is 1.68. The predicted molar refractivity (Wildman–Crippen MR) is 53.7 cm³/mol. The van der Waals surface area contributed by atoms with Crippen molar-refractivity contribution < 1.29 is 0 Å². The Hall–Kier alpha value is -0.430. The van der Waals surface area contributed by atoms with Crippen molar-refractivity contribution in [2.45, 2.75) is 20.3 Å². The molecule has 0 nitrogen and oxygen atoms in total. The van der Waals surface area contributed by atoms with Gasteiger partial charge in [-0.2, -0.15) is 0 Å². The number of rotatable bonds is 0. The summed E-state index contributed by atoms with van der Waals surface area (Å²) in [6.45, 7) is 4.39. The van der Waals surface area contributed by atoms with Gasteiger partial charge in [-0.05, 0) is 25.7 Å². The van der Waals surface area contributed by atoms with Crippen LogP contribution in [0, 0.1) is 0 Å². The summed E-state index contributed by atoms with van der Waals surface area (Å²) in [6, 6.07) is 0. The van der Waals surface area contributed by atoms with E-state index in [0.717, 1.165) is 0 Å². The van der Waals surface area contributed by atoms with Crippen molar-refractivity contribution in [1.29, 1.82) is 0 Å². The number of hydrogen-bond donors (Lipinski definition) is 0. The Balaban J connectivity index is 2.74. The Morgan fingerprint density at radius 3 is 2.91 bits per heavy atom. The van der Waals surface area contributed by atoms with Crippen molar-refractivity contribution in [3.8, 4) is 0 Å². The molecular formula is C10H14S. The zero-order valence-corrected chi connectivity index (χ0v) is 7.95. The zero-order valence-electron chi connectivity index (χ0n) is 7.13. The molecule has 0 aromatic carbocycles. The zero-order chi connectivity index (χ0) is 8.10. The standard InChI is InChI=1S/C10H14S/c1-9-5-3-4-7-11-8-6-10(9)2/h3-5,7H,6,8H2,1-2H3/b5-3?,7-4+,10-9?. The van der Waals surface area contributed by atoms with Crippen LogP contribution < -0.4 is 0 Å². The van der Waals surface area contributed by atoms with E-state index in [1.54, 1.807) is 0 Å². The van der Waals surface area contributed by atoms with Gasteiger partial charge in [0, 0.05) is 5.75 Å². The van der Waals surface area contributed by atoms with Crippen molar-refractivity contribution in [1.82, 2.24) is 0 Å². The van der Waals surface area contributed by atoms with Gasteiger partial charge in [-0.15, -0.1) is 11.8 Å². The van der Waals surface area contributed by atoms with Gasteiger partial charge in [0.2, 0.25) is 0 Å². The third-order valence-corrected chi connectivity index (χ3v) is 2.69. The minimum absolute atomic E-state index is 1.21.